The van der Waals surface area contributed by atoms with Crippen molar-refractivity contribution in [2.45, 2.75) is 441 Å². The monoisotopic (exact) mass is 1870 g/mol. The Labute approximate surface area is 810 Å². The number of aldehydes is 1. The van der Waals surface area contributed by atoms with E-state index in [1.807, 2.05) is 30.5 Å². The lowest BCUT2D eigenvalue weighted by atomic mass is 9.68. The van der Waals surface area contributed by atoms with Crippen molar-refractivity contribution in [3.05, 3.63) is 165 Å². The third-order valence-electron chi connectivity index (χ3n) is 35.2. The summed E-state index contributed by atoms with van der Waals surface area (Å²) in [6, 6.07) is 24.7. The van der Waals surface area contributed by atoms with Gasteiger partial charge in [0.05, 0.1) is 37.8 Å². The van der Waals surface area contributed by atoms with Crippen molar-refractivity contribution in [3.8, 4) is 0 Å². The summed E-state index contributed by atoms with van der Waals surface area (Å²) in [5.74, 6) is 11.7. The van der Waals surface area contributed by atoms with Crippen LogP contribution in [-0.4, -0.2) is 103 Å². The van der Waals surface area contributed by atoms with Crippen LogP contribution in [0.4, 0.5) is 17.6 Å². The number of ether oxygens (including phenoxy) is 7. The molecule has 14 aliphatic rings. The Morgan fingerprint density at radius 2 is 0.549 bits per heavy atom. The van der Waals surface area contributed by atoms with E-state index in [0.29, 0.717) is 83.5 Å². The molecule has 18 rings (SSSR count). The molecule has 0 radical (unpaired) electrons. The van der Waals surface area contributed by atoms with Gasteiger partial charge in [0.15, 0.2) is 0 Å². The minimum Gasteiger partial charge on any atom is -0.504 e. The summed E-state index contributed by atoms with van der Waals surface area (Å²) in [5, 5.41) is 0. The summed E-state index contributed by atoms with van der Waals surface area (Å²) in [5.41, 5.74) is 10.1. The topological polar surface area (TPSA) is 98.8 Å². The molecule has 0 bridgehead atoms. The average molecular weight is 1870 g/mol. The third-order valence-corrected chi connectivity index (χ3v) is 35.2. The molecule has 12 saturated carbocycles. The van der Waals surface area contributed by atoms with Gasteiger partial charge in [0.2, 0.25) is 0 Å². The van der Waals surface area contributed by atoms with Crippen molar-refractivity contribution in [2.75, 3.05) is 66.3 Å². The highest BCUT2D eigenvalue weighted by molar-refractivity contribution is 6.15. The first kappa shape index (κ1) is 109. The van der Waals surface area contributed by atoms with Crippen LogP contribution in [0.2, 0.25) is 0 Å². The van der Waals surface area contributed by atoms with Gasteiger partial charge in [-0.15, -0.1) is 18.2 Å². The molecule has 746 valence electrons. The maximum atomic E-state index is 15.1. The molecule has 133 heavy (non-hydrogen) atoms. The van der Waals surface area contributed by atoms with Gasteiger partial charge in [-0.3, -0.25) is 4.79 Å². The molecule has 2 heterocycles. The van der Waals surface area contributed by atoms with Crippen LogP contribution in [0.15, 0.2) is 97.3 Å². The second kappa shape index (κ2) is 59.1. The van der Waals surface area contributed by atoms with E-state index in [0.717, 1.165) is 314 Å². The normalized spacial score (nSPS) is 32.1. The first-order chi connectivity index (χ1) is 64.7. The molecule has 2 saturated heterocycles. The minimum atomic E-state index is 0. The minimum absolute atomic E-state index is 0. The van der Waals surface area contributed by atoms with Gasteiger partial charge in [0.25, 0.3) is 0 Å². The van der Waals surface area contributed by atoms with Gasteiger partial charge >= 0.3 is 0 Å². The lowest BCUT2D eigenvalue weighted by Crippen LogP contribution is -2.26. The summed E-state index contributed by atoms with van der Waals surface area (Å²) >= 11 is 4.64. The molecule has 2 aliphatic heterocycles. The van der Waals surface area contributed by atoms with Crippen LogP contribution in [0.1, 0.15) is 461 Å². The molecule has 0 spiro atoms. The van der Waals surface area contributed by atoms with Crippen LogP contribution >= 0.6 is 11.6 Å². The smallest absolute Gasteiger partial charge is 0.132 e. The summed E-state index contributed by atoms with van der Waals surface area (Å²) in [7, 11) is 1.75. The number of hydrogen-bond acceptors (Lipinski definition) is 9. The van der Waals surface area contributed by atoms with E-state index in [9.17, 15) is 9.59 Å². The van der Waals surface area contributed by atoms with Crippen LogP contribution in [-0.2, 0) is 42.7 Å². The van der Waals surface area contributed by atoms with Crippen molar-refractivity contribution >= 4 is 23.7 Å². The molecule has 4 aromatic carbocycles. The van der Waals surface area contributed by atoms with E-state index in [1.165, 1.54) is 188 Å². The van der Waals surface area contributed by atoms with Gasteiger partial charge in [0, 0.05) is 78.0 Å². The first-order valence-electron chi connectivity index (χ1n) is 54.6. The molecule has 0 N–H and O–H groups in total. The number of methoxy groups -OCH3 is 1. The average Bonchev–Trinajstić information content (AvgIpc) is 1.13. The van der Waals surface area contributed by atoms with E-state index in [2.05, 4.69) is 100 Å². The maximum absolute atomic E-state index is 15.1. The largest absolute Gasteiger partial charge is 0.504 e. The summed E-state index contributed by atoms with van der Waals surface area (Å²) in [6.45, 7) is 19.4. The highest BCUT2D eigenvalue weighted by atomic mass is 35.5. The Hall–Kier alpha value is -4.73. The predicted octanol–water partition coefficient (Wildman–Crippen LogP) is 33.2. The Kier molecular flexibility index (Phi) is 48.3. The van der Waals surface area contributed by atoms with Crippen molar-refractivity contribution in [1.82, 2.24) is 0 Å². The quantitative estimate of drug-likeness (QED) is 0.0236. The lowest BCUT2D eigenvalue weighted by Gasteiger charge is -2.37. The molecule has 0 amide bonds. The predicted molar refractivity (Wildman–Crippen MR) is 541 cm³/mol. The standard InChI is InChI=1S/C28H41FO2.C28H41FO.C27H39FO2.C26H37FO2.2C4H8O.CH3Cl.CH4/c1-3-31-26-15-12-23(13-16-26)25-14-17-27(28(29)18-25)24-10-8-22(9-11-24)21-6-4-20(5-7-21)19-30-2;1-3-20-5-7-21(8-6-20)22-9-11-24(12-10-22)27-18-15-25(19-28(27)29)23-13-16-26(17-14-23)30-4-2;1-2-30-25-14-11-22(12-15-25)24-13-16-26(27(28)17-24)23-9-7-21(8-10-23)20-5-3-19(18-29)4-6-20;1-2-29-24-14-9-20(10-15-24)22-11-16-25(26(27)17-22)21-5-3-18(4-6-21)19-7-12-23(28)13-8-19;2*1-2-4-5-3-1;1-2;/h14,17-19,21-24,26H,3-13,15-16H2,1-2H3;3,15,18-24,26H,1,4-14,16-17H2,2H3;13,16-23,25H,2-12,14-15H2,1H3;11,16-21,24H,2-10,12-15H2,1H3;2*1-4H2;1H3;1H4. The van der Waals surface area contributed by atoms with E-state index < -0.39 is 0 Å². The van der Waals surface area contributed by atoms with E-state index >= 15 is 17.6 Å². The van der Waals surface area contributed by atoms with E-state index in [4.69, 9.17) is 33.2 Å². The van der Waals surface area contributed by atoms with Gasteiger partial charge < -0.3 is 38.0 Å². The van der Waals surface area contributed by atoms with E-state index in [1.54, 1.807) is 7.11 Å². The number of hydrogen-bond donors (Lipinski definition) is 0. The fourth-order valence-corrected chi connectivity index (χ4v) is 27.1. The van der Waals surface area contributed by atoms with Crippen LogP contribution in [0.25, 0.3) is 0 Å². The Balaban J connectivity index is 0.000000163. The Morgan fingerprint density at radius 3 is 0.759 bits per heavy atom. The highest BCUT2D eigenvalue weighted by Crippen LogP contribution is 2.51. The highest BCUT2D eigenvalue weighted by Gasteiger charge is 2.39. The molecule has 9 nitrogen and oxygen atoms in total. The zero-order valence-electron chi connectivity index (χ0n) is 83.1. The molecule has 14 fully saturated rings. The maximum Gasteiger partial charge on any atom is 0.132 e. The van der Waals surface area contributed by atoms with Crippen LogP contribution in [0, 0.1) is 82.4 Å². The number of rotatable bonds is 23. The number of halogens is 5. The number of carbonyl (C=O) groups excluding carboxylic acids is 2. The lowest BCUT2D eigenvalue weighted by molar-refractivity contribution is -0.121. The number of carbonyl (C=O) groups is 2. The van der Waals surface area contributed by atoms with Gasteiger partial charge in [-0.05, 0) is 524 Å². The number of allylic oxidation sites excluding steroid dienone is 2. The molecule has 0 aromatic heterocycles. The number of alkyl halides is 1. The molecule has 4 aromatic rings. The summed E-state index contributed by atoms with van der Waals surface area (Å²) in [4.78, 5) is 22.5. The number of ketones is 1. The van der Waals surface area contributed by atoms with Crippen molar-refractivity contribution in [2.24, 2.45) is 59.2 Å². The second-order valence-corrected chi connectivity index (χ2v) is 42.9. The number of Topliss-reactive ketones (excluding diaryl/α,β-unsaturated/α-hetero) is 1. The number of benzene rings is 4. The van der Waals surface area contributed by atoms with Crippen LogP contribution < -0.4 is 0 Å². The van der Waals surface area contributed by atoms with Crippen molar-refractivity contribution in [1.29, 1.82) is 0 Å². The van der Waals surface area contributed by atoms with Gasteiger partial charge in [-0.25, -0.2) is 17.6 Å². The second-order valence-electron chi connectivity index (χ2n) is 42.9. The van der Waals surface area contributed by atoms with Gasteiger partial charge in [-0.2, -0.15) is 0 Å². The molecule has 0 unspecified atom stereocenters. The fraction of sp³-hybridized carbons (Fsp3) is 0.748. The van der Waals surface area contributed by atoms with Gasteiger partial charge in [0.1, 0.15) is 35.3 Å². The van der Waals surface area contributed by atoms with Crippen molar-refractivity contribution < 1.29 is 60.3 Å². The zero-order chi connectivity index (χ0) is 92.8. The van der Waals surface area contributed by atoms with Gasteiger partial charge in [-0.1, -0.05) is 62.0 Å². The summed E-state index contributed by atoms with van der Waals surface area (Å²) in [6.07, 6.45) is 69.0. The summed E-state index contributed by atoms with van der Waals surface area (Å²) < 4.78 is 98.4. The Bertz CT molecular complexity index is 3760. The first-order valence-corrected chi connectivity index (χ1v) is 55.4. The van der Waals surface area contributed by atoms with Crippen LogP contribution in [0.3, 0.4) is 0 Å². The van der Waals surface area contributed by atoms with Crippen LogP contribution in [0.5, 0.6) is 0 Å². The fourth-order valence-electron chi connectivity index (χ4n) is 27.1. The molecule has 14 heteroatoms. The molecular formula is C119H181ClF4O9. The SMILES string of the molecule is C.C1CCOC1.C1CCOC1.C=CC1CCC(C2CCC(c3ccc(C4CCC(OCC)CC4)cc3F)CC2)CC1.CCOC1CCC(c2ccc(C3CCC(C4CCC(=COC)CC4)CC3)c(F)c2)CC1.CCOC1CCC(c2ccc(C3CCC(C4CCC(=O)CC4)CC3)c(F)c2)CC1.CCOC1CCC(c2ccc(C3CCC(C4CCC(C=O)CC4)CC3)c(F)c2)CC1.CCl. The molecule has 0 atom stereocenters. The zero-order valence-corrected chi connectivity index (χ0v) is 83.8. The van der Waals surface area contributed by atoms with E-state index in [-0.39, 0.29) is 30.7 Å². The Morgan fingerprint density at radius 1 is 0.323 bits per heavy atom. The molecular weight excluding hydrogens is 1680 g/mol. The van der Waals surface area contributed by atoms with Crippen molar-refractivity contribution in [3.63, 3.8) is 0 Å². The third kappa shape index (κ3) is 33.5. The molecule has 12 aliphatic carbocycles.